The maximum Gasteiger partial charge on any atom is 0.124 e. The number of nitrogens with zero attached hydrogens (tertiary/aromatic N) is 2. The van der Waals surface area contributed by atoms with E-state index in [-0.39, 0.29) is 0 Å². The van der Waals surface area contributed by atoms with E-state index in [0.717, 1.165) is 57.6 Å². The molecule has 6 aromatic rings. The van der Waals surface area contributed by atoms with Crippen molar-refractivity contribution in [3.05, 3.63) is 84.4 Å². The summed E-state index contributed by atoms with van der Waals surface area (Å²) in [5, 5.41) is 9.92. The molecule has 4 aliphatic rings. The van der Waals surface area contributed by atoms with Crippen molar-refractivity contribution in [2.75, 3.05) is 0 Å². The minimum Gasteiger partial charge on any atom is -0.341 e. The Morgan fingerprint density at radius 1 is 0.500 bits per heavy atom. The van der Waals surface area contributed by atoms with Crippen LogP contribution in [0.4, 0.5) is 0 Å². The average molecular weight is 523 g/mol. The van der Waals surface area contributed by atoms with Gasteiger partial charge in [0, 0.05) is 12.1 Å². The van der Waals surface area contributed by atoms with Crippen molar-refractivity contribution in [3.63, 3.8) is 0 Å². The summed E-state index contributed by atoms with van der Waals surface area (Å²) in [6, 6.07) is 28.9. The summed E-state index contributed by atoms with van der Waals surface area (Å²) >= 11 is 0. The first-order chi connectivity index (χ1) is 19.7. The lowest BCUT2D eigenvalue weighted by atomic mass is 9.97. The zero-order valence-corrected chi connectivity index (χ0v) is 22.1. The topological polar surface area (TPSA) is 81.4 Å². The van der Waals surface area contributed by atoms with E-state index in [4.69, 9.17) is 9.97 Å². The van der Waals surface area contributed by atoms with Crippen molar-refractivity contribution < 1.29 is 0 Å². The smallest absolute Gasteiger partial charge is 0.124 e. The van der Waals surface area contributed by atoms with Crippen LogP contribution in [0, 0.1) is 11.8 Å². The van der Waals surface area contributed by atoms with Crippen LogP contribution in [0.1, 0.15) is 49.4 Å². The fourth-order valence-corrected chi connectivity index (χ4v) is 7.42. The van der Waals surface area contributed by atoms with Crippen LogP contribution < -0.4 is 10.6 Å². The van der Waals surface area contributed by atoms with E-state index in [1.165, 1.54) is 58.7 Å². The predicted molar refractivity (Wildman–Crippen MR) is 159 cm³/mol. The largest absolute Gasteiger partial charge is 0.341 e. The molecular formula is C34H30N6. The Morgan fingerprint density at radius 3 is 1.40 bits per heavy atom. The fourth-order valence-electron chi connectivity index (χ4n) is 7.42. The Morgan fingerprint density at radius 2 is 0.950 bits per heavy atom. The van der Waals surface area contributed by atoms with Gasteiger partial charge in [-0.1, -0.05) is 36.4 Å². The molecule has 2 saturated carbocycles. The summed E-state index contributed by atoms with van der Waals surface area (Å²) < 4.78 is 0. The molecule has 10 rings (SSSR count). The monoisotopic (exact) mass is 522 g/mol. The minimum absolute atomic E-state index is 0.375. The van der Waals surface area contributed by atoms with E-state index in [1.54, 1.807) is 0 Å². The molecule has 2 aliphatic carbocycles. The highest BCUT2D eigenvalue weighted by Gasteiger charge is 2.47. The fraction of sp³-hybridized carbons (Fsp3) is 0.294. The number of piperidine rings is 2. The molecule has 6 atom stereocenters. The van der Waals surface area contributed by atoms with Gasteiger partial charge in [-0.2, -0.15) is 0 Å². The number of imidazole rings is 2. The van der Waals surface area contributed by atoms with Crippen LogP contribution in [0.3, 0.4) is 0 Å². The summed E-state index contributed by atoms with van der Waals surface area (Å²) in [5.41, 5.74) is 9.20. The molecule has 0 radical (unpaired) electrons. The third-order valence-electron chi connectivity index (χ3n) is 9.92. The van der Waals surface area contributed by atoms with Crippen molar-refractivity contribution in [2.24, 2.45) is 11.8 Å². The molecule has 2 aliphatic heterocycles. The van der Waals surface area contributed by atoms with E-state index >= 15 is 0 Å². The van der Waals surface area contributed by atoms with Gasteiger partial charge in [0.05, 0.1) is 34.2 Å². The maximum atomic E-state index is 4.89. The molecule has 4 heterocycles. The molecule has 196 valence electrons. The van der Waals surface area contributed by atoms with Crippen LogP contribution in [0.15, 0.2) is 72.8 Å². The third kappa shape index (κ3) is 3.42. The zero-order valence-electron chi connectivity index (χ0n) is 22.1. The SMILES string of the molecule is c1cc2cc(-c3ccc4nc([C@@H]5C[C@H]6C[C@H]6N5)[nH]c4c3)ccc2cc1-c1ccc2nc([C@@H]3C[C@H]4C[C@H]4N3)[nH]c2c1. The van der Waals surface area contributed by atoms with Crippen molar-refractivity contribution in [1.82, 2.24) is 30.6 Å². The number of rotatable bonds is 4. The second-order valence-corrected chi connectivity index (χ2v) is 12.6. The van der Waals surface area contributed by atoms with Crippen LogP contribution in [0.25, 0.3) is 55.1 Å². The molecule has 6 nitrogen and oxygen atoms in total. The van der Waals surface area contributed by atoms with Crippen LogP contribution >= 0.6 is 0 Å². The normalized spacial score (nSPS) is 28.4. The molecular weight excluding hydrogens is 492 g/mol. The highest BCUT2D eigenvalue weighted by molar-refractivity contribution is 5.93. The molecule has 0 amide bonds. The lowest BCUT2D eigenvalue weighted by molar-refractivity contribution is 0.544. The van der Waals surface area contributed by atoms with E-state index in [2.05, 4.69) is 93.4 Å². The number of aromatic amines is 2. The molecule has 40 heavy (non-hydrogen) atoms. The summed E-state index contributed by atoms with van der Waals surface area (Å²) in [7, 11) is 0. The standard InChI is InChI=1S/C34H30N6/c1-3-19(21-5-7-25-29(11-21)39-33(37-25)31-15-23-13-27(23)35-31)10-18-2-4-20(9-17(1)18)22-6-8-26-30(12-22)40-34(38-26)32-16-24-14-28(24)36-32/h1-12,23-24,27-28,31-32,35-36H,13-16H2,(H,37,39)(H,38,40)/t23-,24-,27-,28-,31+,32+/m1/s1. The number of hydrogen-bond acceptors (Lipinski definition) is 4. The van der Waals surface area contributed by atoms with Crippen LogP contribution in [0.2, 0.25) is 0 Å². The molecule has 0 spiro atoms. The van der Waals surface area contributed by atoms with E-state index in [9.17, 15) is 0 Å². The highest BCUT2D eigenvalue weighted by atomic mass is 15.1. The van der Waals surface area contributed by atoms with Gasteiger partial charge >= 0.3 is 0 Å². The highest BCUT2D eigenvalue weighted by Crippen LogP contribution is 2.46. The van der Waals surface area contributed by atoms with Crippen molar-refractivity contribution in [3.8, 4) is 22.3 Å². The van der Waals surface area contributed by atoms with Gasteiger partial charge in [0.1, 0.15) is 11.6 Å². The third-order valence-corrected chi connectivity index (χ3v) is 9.92. The van der Waals surface area contributed by atoms with Gasteiger partial charge < -0.3 is 20.6 Å². The Labute approximate surface area is 231 Å². The molecule has 4 fully saturated rings. The number of hydrogen-bond donors (Lipinski definition) is 4. The van der Waals surface area contributed by atoms with Crippen LogP contribution in [-0.4, -0.2) is 32.0 Å². The Balaban J connectivity index is 0.942. The number of fused-ring (bicyclic) bond motifs is 5. The van der Waals surface area contributed by atoms with Gasteiger partial charge in [-0.15, -0.1) is 0 Å². The van der Waals surface area contributed by atoms with Crippen molar-refractivity contribution in [2.45, 2.75) is 49.9 Å². The van der Waals surface area contributed by atoms with Crippen LogP contribution in [0.5, 0.6) is 0 Å². The number of nitrogens with one attached hydrogen (secondary N) is 4. The van der Waals surface area contributed by atoms with Crippen molar-refractivity contribution >= 4 is 32.8 Å². The van der Waals surface area contributed by atoms with E-state index < -0.39 is 0 Å². The first kappa shape index (κ1) is 21.8. The molecule has 4 aromatic carbocycles. The van der Waals surface area contributed by atoms with Gasteiger partial charge in [0.2, 0.25) is 0 Å². The summed E-state index contributed by atoms with van der Waals surface area (Å²) in [6.45, 7) is 0. The van der Waals surface area contributed by atoms with Gasteiger partial charge in [0.15, 0.2) is 0 Å². The lowest BCUT2D eigenvalue weighted by Gasteiger charge is -2.09. The molecule has 0 bridgehead atoms. The van der Waals surface area contributed by atoms with Gasteiger partial charge in [-0.3, -0.25) is 0 Å². The summed E-state index contributed by atoms with van der Waals surface area (Å²) in [5.74, 6) is 3.89. The average Bonchev–Trinajstić information content (AvgIpc) is 3.57. The molecule has 6 heteroatoms. The molecule has 2 saturated heterocycles. The quantitative estimate of drug-likeness (QED) is 0.206. The Kier molecular flexibility index (Phi) is 4.25. The summed E-state index contributed by atoms with van der Waals surface area (Å²) in [6.07, 6.45) is 5.09. The zero-order chi connectivity index (χ0) is 25.9. The predicted octanol–water partition coefficient (Wildman–Crippen LogP) is 6.77. The number of benzene rings is 4. The second-order valence-electron chi connectivity index (χ2n) is 12.6. The van der Waals surface area contributed by atoms with Gasteiger partial charge in [0.25, 0.3) is 0 Å². The van der Waals surface area contributed by atoms with E-state index in [0.29, 0.717) is 12.1 Å². The van der Waals surface area contributed by atoms with Crippen molar-refractivity contribution in [1.29, 1.82) is 0 Å². The first-order valence-corrected chi connectivity index (χ1v) is 14.8. The second kappa shape index (κ2) is 7.80. The number of H-pyrrole nitrogens is 2. The molecule has 0 unspecified atom stereocenters. The molecule has 4 N–H and O–H groups in total. The minimum atomic E-state index is 0.375. The Bertz CT molecular complexity index is 1820. The lowest BCUT2D eigenvalue weighted by Crippen LogP contribution is -2.18. The summed E-state index contributed by atoms with van der Waals surface area (Å²) in [4.78, 5) is 17.0. The molecule has 2 aromatic heterocycles. The van der Waals surface area contributed by atoms with Gasteiger partial charge in [-0.25, -0.2) is 9.97 Å². The first-order valence-electron chi connectivity index (χ1n) is 14.8. The Hall–Kier alpha value is -4.00. The number of aromatic nitrogens is 4. The van der Waals surface area contributed by atoms with E-state index in [1.807, 2.05) is 0 Å². The maximum absolute atomic E-state index is 4.89. The van der Waals surface area contributed by atoms with Gasteiger partial charge in [-0.05, 0) is 107 Å². The van der Waals surface area contributed by atoms with Crippen LogP contribution in [-0.2, 0) is 0 Å².